The molecular weight excluding hydrogens is 232 g/mol. The lowest BCUT2D eigenvalue weighted by Gasteiger charge is -2.02. The molecule has 0 amide bonds. The molecule has 4 heteroatoms. The van der Waals surface area contributed by atoms with Gasteiger partial charge in [0.2, 0.25) is 0 Å². The summed E-state index contributed by atoms with van der Waals surface area (Å²) in [4.78, 5) is 3.95. The molecule has 0 fully saturated rings. The van der Waals surface area contributed by atoms with Crippen LogP contribution >= 0.6 is 15.9 Å². The van der Waals surface area contributed by atoms with E-state index in [1.165, 1.54) is 0 Å². The molecule has 2 N–H and O–H groups in total. The Labute approximate surface area is 83.7 Å². The number of rotatable bonds is 1. The summed E-state index contributed by atoms with van der Waals surface area (Å²) in [7, 11) is 0. The molecule has 2 aromatic rings. The molecule has 0 aliphatic carbocycles. The Bertz CT molecular complexity index is 412. The quantitative estimate of drug-likeness (QED) is 0.832. The summed E-state index contributed by atoms with van der Waals surface area (Å²) < 4.78 is 5.78. The van der Waals surface area contributed by atoms with Gasteiger partial charge < -0.3 is 10.2 Å². The Kier molecular flexibility index (Phi) is 2.06. The number of hydrogen-bond acceptors (Lipinski definition) is 3. The molecule has 2 aromatic heterocycles. The van der Waals surface area contributed by atoms with E-state index in [1.54, 1.807) is 18.7 Å². The Hall–Kier alpha value is -1.29. The molecule has 66 valence electrons. The summed E-state index contributed by atoms with van der Waals surface area (Å²) >= 11 is 3.37. The second-order valence-corrected chi connectivity index (χ2v) is 3.36. The molecular formula is C9H7BrN2O. The molecule has 0 bridgehead atoms. The monoisotopic (exact) mass is 238 g/mol. The number of halogens is 1. The number of furan rings is 1. The number of hydrogen-bond donors (Lipinski definition) is 1. The Morgan fingerprint density at radius 2 is 2.23 bits per heavy atom. The number of pyridine rings is 1. The van der Waals surface area contributed by atoms with Crippen LogP contribution in [-0.2, 0) is 0 Å². The maximum absolute atomic E-state index is 5.64. The van der Waals surface area contributed by atoms with E-state index in [2.05, 4.69) is 20.9 Å². The first-order valence-electron chi connectivity index (χ1n) is 3.71. The lowest BCUT2D eigenvalue weighted by Crippen LogP contribution is -1.91. The molecule has 0 radical (unpaired) electrons. The first kappa shape index (κ1) is 8.31. The maximum atomic E-state index is 5.64. The van der Waals surface area contributed by atoms with Crippen LogP contribution in [0.4, 0.5) is 5.82 Å². The van der Waals surface area contributed by atoms with E-state index in [1.807, 2.05) is 12.1 Å². The topological polar surface area (TPSA) is 52.0 Å². The number of anilines is 1. The van der Waals surface area contributed by atoms with Crippen LogP contribution in [0, 0.1) is 0 Å². The van der Waals surface area contributed by atoms with Crippen molar-refractivity contribution in [1.29, 1.82) is 0 Å². The van der Waals surface area contributed by atoms with Crippen molar-refractivity contribution in [2.75, 3.05) is 5.73 Å². The normalized spacial score (nSPS) is 10.2. The predicted molar refractivity (Wildman–Crippen MR) is 54.1 cm³/mol. The van der Waals surface area contributed by atoms with Crippen molar-refractivity contribution in [2.24, 2.45) is 0 Å². The fraction of sp³-hybridized carbons (Fsp3) is 0. The van der Waals surface area contributed by atoms with Crippen molar-refractivity contribution in [3.05, 3.63) is 35.3 Å². The molecule has 0 spiro atoms. The van der Waals surface area contributed by atoms with Gasteiger partial charge in [0, 0.05) is 17.3 Å². The summed E-state index contributed by atoms with van der Waals surface area (Å²) in [6.07, 6.45) is 4.96. The van der Waals surface area contributed by atoms with E-state index in [4.69, 9.17) is 10.2 Å². The van der Waals surface area contributed by atoms with Crippen LogP contribution < -0.4 is 5.73 Å². The second kappa shape index (κ2) is 3.22. The molecule has 0 unspecified atom stereocenters. The van der Waals surface area contributed by atoms with Crippen LogP contribution in [0.1, 0.15) is 0 Å². The van der Waals surface area contributed by atoms with Gasteiger partial charge in [-0.05, 0) is 28.1 Å². The average Bonchev–Trinajstić information content (AvgIpc) is 2.62. The van der Waals surface area contributed by atoms with E-state index in [0.717, 1.165) is 15.6 Å². The van der Waals surface area contributed by atoms with E-state index < -0.39 is 0 Å². The van der Waals surface area contributed by atoms with Crippen LogP contribution in [0.5, 0.6) is 0 Å². The van der Waals surface area contributed by atoms with Crippen molar-refractivity contribution in [3.8, 4) is 11.1 Å². The zero-order valence-corrected chi connectivity index (χ0v) is 8.28. The lowest BCUT2D eigenvalue weighted by molar-refractivity contribution is 0.568. The fourth-order valence-electron chi connectivity index (χ4n) is 1.10. The standard InChI is InChI=1S/C9H7BrN2O/c10-8-7(1-3-12-9(8)11)6-2-4-13-5-6/h1-5H,(H2,11,12). The number of aromatic nitrogens is 1. The number of nitrogens with two attached hydrogens (primary N) is 1. The van der Waals surface area contributed by atoms with Gasteiger partial charge in [-0.25, -0.2) is 4.98 Å². The van der Waals surface area contributed by atoms with Crippen molar-refractivity contribution in [1.82, 2.24) is 4.98 Å². The van der Waals surface area contributed by atoms with Crippen molar-refractivity contribution >= 4 is 21.7 Å². The highest BCUT2D eigenvalue weighted by atomic mass is 79.9. The van der Waals surface area contributed by atoms with Crippen LogP contribution in [-0.4, -0.2) is 4.98 Å². The average molecular weight is 239 g/mol. The third-order valence-electron chi connectivity index (χ3n) is 1.75. The summed E-state index contributed by atoms with van der Waals surface area (Å²) in [6.45, 7) is 0. The Balaban J connectivity index is 2.59. The molecule has 0 saturated carbocycles. The third-order valence-corrected chi connectivity index (χ3v) is 2.58. The van der Waals surface area contributed by atoms with E-state index in [0.29, 0.717) is 5.82 Å². The highest BCUT2D eigenvalue weighted by molar-refractivity contribution is 9.10. The van der Waals surface area contributed by atoms with Gasteiger partial charge in [0.15, 0.2) is 0 Å². The van der Waals surface area contributed by atoms with E-state index >= 15 is 0 Å². The molecule has 0 aliphatic heterocycles. The van der Waals surface area contributed by atoms with Gasteiger partial charge in [0.25, 0.3) is 0 Å². The SMILES string of the molecule is Nc1nccc(-c2ccoc2)c1Br. The van der Waals surface area contributed by atoms with Crippen molar-refractivity contribution < 1.29 is 4.42 Å². The first-order chi connectivity index (χ1) is 6.29. The lowest BCUT2D eigenvalue weighted by atomic mass is 10.1. The maximum Gasteiger partial charge on any atom is 0.138 e. The minimum Gasteiger partial charge on any atom is -0.472 e. The zero-order valence-electron chi connectivity index (χ0n) is 6.70. The Morgan fingerprint density at radius 3 is 2.92 bits per heavy atom. The highest BCUT2D eigenvalue weighted by Gasteiger charge is 2.06. The second-order valence-electron chi connectivity index (χ2n) is 2.57. The fourth-order valence-corrected chi connectivity index (χ4v) is 1.56. The van der Waals surface area contributed by atoms with Crippen LogP contribution in [0.3, 0.4) is 0 Å². The summed E-state index contributed by atoms with van der Waals surface area (Å²) in [5, 5.41) is 0. The largest absolute Gasteiger partial charge is 0.472 e. The third kappa shape index (κ3) is 1.45. The number of nitrogens with zero attached hydrogens (tertiary/aromatic N) is 1. The van der Waals surface area contributed by atoms with Crippen molar-refractivity contribution in [3.63, 3.8) is 0 Å². The first-order valence-corrected chi connectivity index (χ1v) is 4.51. The van der Waals surface area contributed by atoms with E-state index in [9.17, 15) is 0 Å². The molecule has 2 heterocycles. The molecule has 0 saturated heterocycles. The molecule has 0 aliphatic rings. The minimum atomic E-state index is 0.485. The molecule has 13 heavy (non-hydrogen) atoms. The predicted octanol–water partition coefficient (Wildman–Crippen LogP) is 2.69. The van der Waals surface area contributed by atoms with Crippen LogP contribution in [0.25, 0.3) is 11.1 Å². The van der Waals surface area contributed by atoms with Gasteiger partial charge in [-0.1, -0.05) is 0 Å². The summed E-state index contributed by atoms with van der Waals surface area (Å²) in [5.74, 6) is 0.485. The smallest absolute Gasteiger partial charge is 0.138 e. The van der Waals surface area contributed by atoms with Crippen LogP contribution in [0.15, 0.2) is 39.7 Å². The van der Waals surface area contributed by atoms with Gasteiger partial charge in [0.05, 0.1) is 17.0 Å². The van der Waals surface area contributed by atoms with Gasteiger partial charge in [-0.2, -0.15) is 0 Å². The Morgan fingerprint density at radius 1 is 1.38 bits per heavy atom. The number of nitrogen functional groups attached to an aromatic ring is 1. The van der Waals surface area contributed by atoms with Gasteiger partial charge in [0.1, 0.15) is 5.82 Å². The highest BCUT2D eigenvalue weighted by Crippen LogP contribution is 2.30. The van der Waals surface area contributed by atoms with Crippen LogP contribution in [0.2, 0.25) is 0 Å². The summed E-state index contributed by atoms with van der Waals surface area (Å²) in [6, 6.07) is 3.75. The minimum absolute atomic E-state index is 0.485. The van der Waals surface area contributed by atoms with Gasteiger partial charge >= 0.3 is 0 Å². The van der Waals surface area contributed by atoms with Gasteiger partial charge in [-0.3, -0.25) is 0 Å². The molecule has 3 nitrogen and oxygen atoms in total. The zero-order chi connectivity index (χ0) is 9.26. The van der Waals surface area contributed by atoms with Gasteiger partial charge in [-0.15, -0.1) is 0 Å². The van der Waals surface area contributed by atoms with E-state index in [-0.39, 0.29) is 0 Å². The molecule has 0 aromatic carbocycles. The summed E-state index contributed by atoms with van der Waals surface area (Å²) in [5.41, 5.74) is 7.61. The van der Waals surface area contributed by atoms with Crippen molar-refractivity contribution in [2.45, 2.75) is 0 Å². The molecule has 0 atom stereocenters. The molecule has 2 rings (SSSR count).